The summed E-state index contributed by atoms with van der Waals surface area (Å²) in [5, 5.41) is 31.4. The van der Waals surface area contributed by atoms with Gasteiger partial charge < -0.3 is 34.8 Å². The molecule has 246 valence electrons. The number of nitrogens with zero attached hydrogens (tertiary/aromatic N) is 7. The van der Waals surface area contributed by atoms with Crippen LogP contribution in [-0.2, 0) is 9.53 Å². The van der Waals surface area contributed by atoms with E-state index in [4.69, 9.17) is 14.6 Å². The Kier molecular flexibility index (Phi) is 9.71. The van der Waals surface area contributed by atoms with Gasteiger partial charge in [-0.1, -0.05) is 0 Å². The van der Waals surface area contributed by atoms with Crippen molar-refractivity contribution in [2.45, 2.75) is 30.8 Å². The number of aliphatic hydroxyl groups is 2. The monoisotopic (exact) mass is 648 g/mol. The number of ether oxygens (including phenoxy) is 2. The van der Waals surface area contributed by atoms with Crippen LogP contribution in [0.1, 0.15) is 12.0 Å². The Bertz CT molecular complexity index is 1660. The molecule has 3 aliphatic rings. The van der Waals surface area contributed by atoms with Crippen molar-refractivity contribution >= 4 is 23.2 Å². The highest BCUT2D eigenvalue weighted by atomic mass is 19.1. The zero-order valence-electron chi connectivity index (χ0n) is 25.4. The number of carbonyl (C=O) groups is 1. The molecule has 47 heavy (non-hydrogen) atoms. The molecule has 1 aromatic heterocycles. The first-order valence-electron chi connectivity index (χ1n) is 15.3. The number of anilines is 3. The highest BCUT2D eigenvalue weighted by Gasteiger charge is 2.35. The number of aliphatic hydroxyl groups excluding tert-OH is 2. The lowest BCUT2D eigenvalue weighted by molar-refractivity contribution is -0.141. The standard InChI is InChI=1S/C32H34F2N8O5/c33-24-14-22(2-3-26(24)41-10-8-40(9-11-41)23-17-46-18-23)38-32-37-19-36-30(39-32)20-1-4-28(21(13-20)15-35)47-29-5-7-42(16-25(29)34)31(45)27(44)6-12-43/h1-4,6,12-14,19,23,25,27,29,43-44H,5,7-11,16-18H2,(H,36,37,38,39)/b12-6+/t25-,27+,29+/m1/s1. The number of amides is 1. The zero-order valence-corrected chi connectivity index (χ0v) is 25.4. The van der Waals surface area contributed by atoms with E-state index in [0.29, 0.717) is 29.2 Å². The van der Waals surface area contributed by atoms with Crippen LogP contribution < -0.4 is 15.0 Å². The zero-order chi connectivity index (χ0) is 32.9. The molecule has 13 nitrogen and oxygen atoms in total. The van der Waals surface area contributed by atoms with Gasteiger partial charge in [0, 0.05) is 50.4 Å². The Morgan fingerprint density at radius 2 is 1.96 bits per heavy atom. The summed E-state index contributed by atoms with van der Waals surface area (Å²) in [5.41, 5.74) is 1.61. The highest BCUT2D eigenvalue weighted by Crippen LogP contribution is 2.30. The van der Waals surface area contributed by atoms with Gasteiger partial charge in [-0.2, -0.15) is 10.2 Å². The maximum Gasteiger partial charge on any atom is 0.255 e. The number of benzene rings is 2. The van der Waals surface area contributed by atoms with E-state index in [1.807, 2.05) is 4.90 Å². The Balaban J connectivity index is 1.08. The van der Waals surface area contributed by atoms with Gasteiger partial charge in [-0.05, 0) is 42.5 Å². The largest absolute Gasteiger partial charge is 0.516 e. The molecule has 0 saturated carbocycles. The summed E-state index contributed by atoms with van der Waals surface area (Å²) in [6.45, 7) is 4.52. The lowest BCUT2D eigenvalue weighted by Gasteiger charge is -2.43. The van der Waals surface area contributed by atoms with E-state index in [9.17, 15) is 19.6 Å². The Morgan fingerprint density at radius 3 is 2.64 bits per heavy atom. The van der Waals surface area contributed by atoms with Crippen LogP contribution in [-0.4, -0.2) is 118 Å². The topological polar surface area (TPSA) is 160 Å². The summed E-state index contributed by atoms with van der Waals surface area (Å²) in [6, 6.07) is 12.1. The molecule has 0 radical (unpaired) electrons. The maximum absolute atomic E-state index is 15.2. The van der Waals surface area contributed by atoms with Gasteiger partial charge >= 0.3 is 0 Å². The molecule has 3 atom stereocenters. The summed E-state index contributed by atoms with van der Waals surface area (Å²) >= 11 is 0. The number of rotatable bonds is 9. The number of alkyl halides is 1. The van der Waals surface area contributed by atoms with E-state index in [0.717, 1.165) is 50.4 Å². The van der Waals surface area contributed by atoms with Crippen molar-refractivity contribution in [3.8, 4) is 23.2 Å². The maximum atomic E-state index is 15.2. The molecule has 3 aliphatic heterocycles. The van der Waals surface area contributed by atoms with Gasteiger partial charge in [0.25, 0.3) is 5.91 Å². The first-order chi connectivity index (χ1) is 22.8. The van der Waals surface area contributed by atoms with Crippen molar-refractivity contribution in [2.24, 2.45) is 0 Å². The molecule has 3 saturated heterocycles. The molecule has 0 bridgehead atoms. The van der Waals surface area contributed by atoms with Crippen LogP contribution in [0, 0.1) is 17.1 Å². The van der Waals surface area contributed by atoms with Crippen LogP contribution in [0.25, 0.3) is 11.4 Å². The average Bonchev–Trinajstić information content (AvgIpc) is 3.05. The quantitative estimate of drug-likeness (QED) is 0.292. The predicted octanol–water partition coefficient (Wildman–Crippen LogP) is 2.56. The molecular weight excluding hydrogens is 614 g/mol. The summed E-state index contributed by atoms with van der Waals surface area (Å²) in [6.07, 6.45) is -1.17. The van der Waals surface area contributed by atoms with Gasteiger partial charge in [0.05, 0.1) is 43.3 Å². The number of aromatic nitrogens is 3. The predicted molar refractivity (Wildman–Crippen MR) is 166 cm³/mol. The lowest BCUT2D eigenvalue weighted by atomic mass is 10.0. The number of piperazine rings is 1. The fourth-order valence-electron chi connectivity index (χ4n) is 5.82. The SMILES string of the molecule is N#Cc1cc(-c2ncnc(Nc3ccc(N4CCN(C5COC5)CC4)c(F)c3)n2)ccc1O[C@H]1CCN(C(=O)[C@@H](O)/C=C/O)C[C@H]1F. The van der Waals surface area contributed by atoms with Crippen LogP contribution in [0.4, 0.5) is 26.1 Å². The molecule has 0 aliphatic carbocycles. The summed E-state index contributed by atoms with van der Waals surface area (Å²) in [4.78, 5) is 30.6. The van der Waals surface area contributed by atoms with Crippen LogP contribution in [0.3, 0.4) is 0 Å². The van der Waals surface area contributed by atoms with Gasteiger partial charge in [0.15, 0.2) is 18.1 Å². The summed E-state index contributed by atoms with van der Waals surface area (Å²) in [5.74, 6) is -0.491. The molecular formula is C32H34F2N8O5. The molecule has 3 N–H and O–H groups in total. The Hall–Kier alpha value is -4.91. The molecule has 0 spiro atoms. The minimum atomic E-state index is -1.57. The smallest absolute Gasteiger partial charge is 0.255 e. The second kappa shape index (κ2) is 14.2. The minimum absolute atomic E-state index is 0.126. The fraction of sp³-hybridized carbons (Fsp3) is 0.406. The molecule has 2 aromatic carbocycles. The average molecular weight is 649 g/mol. The fourth-order valence-corrected chi connectivity index (χ4v) is 5.82. The van der Waals surface area contributed by atoms with Gasteiger partial charge in [-0.3, -0.25) is 9.69 Å². The second-order valence-corrected chi connectivity index (χ2v) is 11.5. The van der Waals surface area contributed by atoms with Gasteiger partial charge in [-0.25, -0.2) is 18.7 Å². The number of hydrogen-bond donors (Lipinski definition) is 3. The van der Waals surface area contributed by atoms with E-state index in [2.05, 4.69) is 31.2 Å². The molecule has 15 heteroatoms. The minimum Gasteiger partial charge on any atom is -0.516 e. The number of nitrogens with one attached hydrogen (secondary N) is 1. The number of nitriles is 1. The molecule has 3 fully saturated rings. The van der Waals surface area contributed by atoms with Crippen molar-refractivity contribution in [1.82, 2.24) is 24.8 Å². The number of likely N-dealkylation sites (tertiary alicyclic amines) is 1. The third kappa shape index (κ3) is 7.25. The summed E-state index contributed by atoms with van der Waals surface area (Å²) < 4.78 is 41.3. The number of hydrogen-bond acceptors (Lipinski definition) is 12. The van der Waals surface area contributed by atoms with E-state index < -0.39 is 24.3 Å². The third-order valence-electron chi connectivity index (χ3n) is 8.52. The second-order valence-electron chi connectivity index (χ2n) is 11.5. The van der Waals surface area contributed by atoms with Crippen LogP contribution in [0.5, 0.6) is 5.75 Å². The van der Waals surface area contributed by atoms with Crippen LogP contribution in [0.2, 0.25) is 0 Å². The van der Waals surface area contributed by atoms with E-state index in [-0.39, 0.29) is 48.4 Å². The molecule has 4 heterocycles. The first-order valence-corrected chi connectivity index (χ1v) is 15.3. The van der Waals surface area contributed by atoms with Gasteiger partial charge in [0.2, 0.25) is 5.95 Å². The van der Waals surface area contributed by atoms with Gasteiger partial charge in [0.1, 0.15) is 30.1 Å². The van der Waals surface area contributed by atoms with Crippen molar-refractivity contribution in [1.29, 1.82) is 5.26 Å². The highest BCUT2D eigenvalue weighted by molar-refractivity contribution is 5.82. The number of halogens is 2. The normalized spacial score (nSPS) is 21.2. The Morgan fingerprint density at radius 1 is 1.15 bits per heavy atom. The number of piperidine rings is 1. The first kappa shape index (κ1) is 32.0. The summed E-state index contributed by atoms with van der Waals surface area (Å²) in [7, 11) is 0. The third-order valence-corrected chi connectivity index (χ3v) is 8.52. The van der Waals surface area contributed by atoms with E-state index >= 15 is 4.39 Å². The van der Waals surface area contributed by atoms with Crippen molar-refractivity contribution in [3.63, 3.8) is 0 Å². The molecule has 1 amide bonds. The molecule has 6 rings (SSSR count). The number of carbonyl (C=O) groups excluding carboxylic acids is 1. The lowest BCUT2D eigenvalue weighted by Crippen LogP contribution is -2.56. The van der Waals surface area contributed by atoms with E-state index in [1.165, 1.54) is 24.5 Å². The molecule has 3 aromatic rings. The van der Waals surface area contributed by atoms with Crippen molar-refractivity contribution in [3.05, 3.63) is 66.4 Å². The molecule has 0 unspecified atom stereocenters. The van der Waals surface area contributed by atoms with Crippen LogP contribution >= 0.6 is 0 Å². The van der Waals surface area contributed by atoms with E-state index in [1.54, 1.807) is 18.2 Å². The van der Waals surface area contributed by atoms with Crippen molar-refractivity contribution < 1.29 is 33.3 Å². The van der Waals surface area contributed by atoms with Gasteiger partial charge in [-0.15, -0.1) is 0 Å². The Labute approximate surface area is 269 Å². The van der Waals surface area contributed by atoms with Crippen molar-refractivity contribution in [2.75, 3.05) is 62.7 Å². The van der Waals surface area contributed by atoms with Crippen LogP contribution in [0.15, 0.2) is 55.1 Å².